The monoisotopic (exact) mass is 368 g/mol. The number of carbonyl (C=O) groups is 2. The summed E-state index contributed by atoms with van der Waals surface area (Å²) in [6, 6.07) is 11.7. The van der Waals surface area contributed by atoms with Crippen molar-refractivity contribution in [2.24, 2.45) is 0 Å². The van der Waals surface area contributed by atoms with Crippen LogP contribution in [-0.2, 0) is 4.79 Å². The highest BCUT2D eigenvalue weighted by Gasteiger charge is 2.16. The summed E-state index contributed by atoms with van der Waals surface area (Å²) < 4.78 is 1.21. The summed E-state index contributed by atoms with van der Waals surface area (Å²) in [4.78, 5) is 38.2. The van der Waals surface area contributed by atoms with Gasteiger partial charge in [-0.3, -0.25) is 14.4 Å². The van der Waals surface area contributed by atoms with E-state index in [0.29, 0.717) is 31.6 Å². The fraction of sp³-hybridized carbons (Fsp3) is 0.400. The maximum atomic E-state index is 12.3. The third-order valence-corrected chi connectivity index (χ3v) is 4.60. The predicted octanol–water partition coefficient (Wildman–Crippen LogP) is 1.75. The number of nitrogens with one attached hydrogen (secondary N) is 1. The molecule has 1 fully saturated rings. The molecule has 0 spiro atoms. The molecule has 0 unspecified atom stereocenters. The van der Waals surface area contributed by atoms with Gasteiger partial charge in [-0.05, 0) is 37.5 Å². The van der Waals surface area contributed by atoms with Gasteiger partial charge in [0.05, 0.1) is 5.69 Å². The number of hydrogen-bond donors (Lipinski definition) is 1. The second-order valence-corrected chi connectivity index (χ2v) is 6.61. The first kappa shape index (κ1) is 18.8. The molecular weight excluding hydrogens is 344 g/mol. The maximum Gasteiger partial charge on any atom is 0.271 e. The number of aromatic nitrogens is 2. The van der Waals surface area contributed by atoms with Crippen molar-refractivity contribution in [2.45, 2.75) is 32.1 Å². The summed E-state index contributed by atoms with van der Waals surface area (Å²) >= 11 is 0. The number of hydrogen-bond acceptors (Lipinski definition) is 4. The van der Waals surface area contributed by atoms with Gasteiger partial charge in [-0.2, -0.15) is 9.78 Å². The van der Waals surface area contributed by atoms with Gasteiger partial charge in [0, 0.05) is 32.1 Å². The molecule has 0 aliphatic carbocycles. The van der Waals surface area contributed by atoms with Crippen LogP contribution in [0, 0.1) is 0 Å². The zero-order valence-electron chi connectivity index (χ0n) is 15.3. The van der Waals surface area contributed by atoms with Crippen LogP contribution in [0.1, 0.15) is 42.6 Å². The van der Waals surface area contributed by atoms with Gasteiger partial charge in [-0.15, -0.1) is 0 Å². The molecule has 1 aromatic heterocycles. The third kappa shape index (κ3) is 5.03. The number of amides is 2. The second kappa shape index (κ2) is 9.12. The number of para-hydroxylation sites is 1. The zero-order valence-corrected chi connectivity index (χ0v) is 15.3. The van der Waals surface area contributed by atoms with E-state index < -0.39 is 0 Å². The third-order valence-electron chi connectivity index (χ3n) is 4.60. The van der Waals surface area contributed by atoms with Gasteiger partial charge in [0.2, 0.25) is 5.91 Å². The molecule has 2 heterocycles. The van der Waals surface area contributed by atoms with E-state index in [4.69, 9.17) is 0 Å². The molecule has 1 aliphatic heterocycles. The van der Waals surface area contributed by atoms with Crippen LogP contribution in [0.25, 0.3) is 5.69 Å². The Balaban J connectivity index is 1.55. The van der Waals surface area contributed by atoms with Crippen molar-refractivity contribution < 1.29 is 9.59 Å². The largest absolute Gasteiger partial charge is 0.351 e. The van der Waals surface area contributed by atoms with Crippen LogP contribution >= 0.6 is 0 Å². The van der Waals surface area contributed by atoms with Gasteiger partial charge < -0.3 is 10.2 Å². The molecule has 3 rings (SSSR count). The Morgan fingerprint density at radius 1 is 1.04 bits per heavy atom. The normalized spacial score (nSPS) is 14.7. The average Bonchev–Trinajstić information content (AvgIpc) is 2.90. The number of benzene rings is 1. The van der Waals surface area contributed by atoms with Crippen LogP contribution < -0.4 is 10.9 Å². The molecule has 0 atom stereocenters. The molecule has 7 heteroatoms. The van der Waals surface area contributed by atoms with E-state index in [0.717, 1.165) is 25.8 Å². The van der Waals surface area contributed by atoms with Crippen molar-refractivity contribution in [3.63, 3.8) is 0 Å². The van der Waals surface area contributed by atoms with Gasteiger partial charge in [-0.25, -0.2) is 0 Å². The van der Waals surface area contributed by atoms with Crippen LogP contribution in [0.2, 0.25) is 0 Å². The van der Waals surface area contributed by atoms with E-state index in [2.05, 4.69) is 10.4 Å². The Kier molecular flexibility index (Phi) is 6.35. The van der Waals surface area contributed by atoms with Gasteiger partial charge in [0.25, 0.3) is 11.5 Å². The Bertz CT molecular complexity index is 848. The van der Waals surface area contributed by atoms with Crippen molar-refractivity contribution in [1.82, 2.24) is 20.0 Å². The van der Waals surface area contributed by atoms with E-state index in [9.17, 15) is 14.4 Å². The molecule has 0 bridgehead atoms. The van der Waals surface area contributed by atoms with Crippen molar-refractivity contribution in [1.29, 1.82) is 0 Å². The Hall–Kier alpha value is -2.96. The quantitative estimate of drug-likeness (QED) is 0.788. The van der Waals surface area contributed by atoms with Crippen molar-refractivity contribution in [3.8, 4) is 5.69 Å². The summed E-state index contributed by atoms with van der Waals surface area (Å²) in [5, 5.41) is 6.98. The van der Waals surface area contributed by atoms with Crippen LogP contribution in [-0.4, -0.2) is 46.1 Å². The molecule has 7 nitrogen and oxygen atoms in total. The molecule has 0 saturated carbocycles. The number of carbonyl (C=O) groups excluding carboxylic acids is 2. The van der Waals surface area contributed by atoms with Gasteiger partial charge in [-0.1, -0.05) is 24.6 Å². The second-order valence-electron chi connectivity index (χ2n) is 6.61. The van der Waals surface area contributed by atoms with Gasteiger partial charge >= 0.3 is 0 Å². The molecule has 142 valence electrons. The van der Waals surface area contributed by atoms with Gasteiger partial charge in [0.15, 0.2) is 0 Å². The Morgan fingerprint density at radius 3 is 2.67 bits per heavy atom. The zero-order chi connectivity index (χ0) is 19.1. The van der Waals surface area contributed by atoms with Crippen molar-refractivity contribution >= 4 is 11.8 Å². The highest BCUT2D eigenvalue weighted by molar-refractivity contribution is 5.92. The fourth-order valence-corrected chi connectivity index (χ4v) is 3.12. The van der Waals surface area contributed by atoms with E-state index in [1.54, 1.807) is 24.3 Å². The summed E-state index contributed by atoms with van der Waals surface area (Å²) in [5.41, 5.74) is 0.499. The molecule has 2 aromatic rings. The predicted molar refractivity (Wildman–Crippen MR) is 102 cm³/mol. The topological polar surface area (TPSA) is 84.3 Å². The number of rotatable bonds is 6. The average molecular weight is 368 g/mol. The standard InChI is InChI=1S/C20H24N4O3/c25-18-10-5-2-6-14-23(18)15-7-13-21-20(27)17-11-12-19(26)24(22-17)16-8-3-1-4-9-16/h1,3-4,8-9,11-12H,2,5-7,10,13-15H2,(H,21,27). The van der Waals surface area contributed by atoms with E-state index in [-0.39, 0.29) is 23.1 Å². The lowest BCUT2D eigenvalue weighted by atomic mass is 10.2. The fourth-order valence-electron chi connectivity index (χ4n) is 3.12. The van der Waals surface area contributed by atoms with Gasteiger partial charge in [0.1, 0.15) is 5.69 Å². The highest BCUT2D eigenvalue weighted by atomic mass is 16.2. The maximum absolute atomic E-state index is 12.3. The summed E-state index contributed by atoms with van der Waals surface area (Å²) in [5.74, 6) is -0.127. The molecule has 1 aromatic carbocycles. The van der Waals surface area contributed by atoms with E-state index in [1.165, 1.54) is 16.8 Å². The van der Waals surface area contributed by atoms with Crippen molar-refractivity contribution in [3.05, 3.63) is 58.5 Å². The minimum Gasteiger partial charge on any atom is -0.351 e. The molecule has 1 saturated heterocycles. The number of nitrogens with zero attached hydrogens (tertiary/aromatic N) is 3. The first-order valence-corrected chi connectivity index (χ1v) is 9.37. The van der Waals surface area contributed by atoms with Crippen LogP contribution in [0.4, 0.5) is 0 Å². The SMILES string of the molecule is O=C(NCCCN1CCCCCC1=O)c1ccc(=O)n(-c2ccccc2)n1. The van der Waals surface area contributed by atoms with Crippen LogP contribution in [0.5, 0.6) is 0 Å². The molecule has 1 N–H and O–H groups in total. The van der Waals surface area contributed by atoms with Crippen LogP contribution in [0.3, 0.4) is 0 Å². The smallest absolute Gasteiger partial charge is 0.271 e. The minimum atomic E-state index is -0.332. The lowest BCUT2D eigenvalue weighted by Crippen LogP contribution is -2.34. The summed E-state index contributed by atoms with van der Waals surface area (Å²) in [7, 11) is 0. The number of likely N-dealkylation sites (tertiary alicyclic amines) is 1. The summed E-state index contributed by atoms with van der Waals surface area (Å²) in [6.07, 6.45) is 4.42. The first-order valence-electron chi connectivity index (χ1n) is 9.37. The lowest BCUT2D eigenvalue weighted by Gasteiger charge is -2.20. The Morgan fingerprint density at radius 2 is 1.85 bits per heavy atom. The highest BCUT2D eigenvalue weighted by Crippen LogP contribution is 2.11. The minimum absolute atomic E-state index is 0.185. The molecule has 0 radical (unpaired) electrons. The van der Waals surface area contributed by atoms with Crippen LogP contribution in [0.15, 0.2) is 47.3 Å². The molecular formula is C20H24N4O3. The van der Waals surface area contributed by atoms with E-state index >= 15 is 0 Å². The molecule has 1 aliphatic rings. The molecule has 27 heavy (non-hydrogen) atoms. The molecule has 2 amide bonds. The van der Waals surface area contributed by atoms with Crippen molar-refractivity contribution in [2.75, 3.05) is 19.6 Å². The Labute approximate surface area is 158 Å². The van der Waals surface area contributed by atoms with E-state index in [1.807, 2.05) is 11.0 Å². The lowest BCUT2D eigenvalue weighted by molar-refractivity contribution is -0.130. The first-order chi connectivity index (χ1) is 13.1. The summed E-state index contributed by atoms with van der Waals surface area (Å²) in [6.45, 7) is 1.90.